The molecule has 124 valence electrons. The van der Waals surface area contributed by atoms with Crippen molar-refractivity contribution in [2.75, 3.05) is 32.7 Å². The van der Waals surface area contributed by atoms with Gasteiger partial charge in [-0.05, 0) is 65.6 Å². The molecule has 0 N–H and O–H groups in total. The fraction of sp³-hybridized carbons (Fsp3) is 0.765. The summed E-state index contributed by atoms with van der Waals surface area (Å²) >= 11 is 0. The molecule has 0 saturated carbocycles. The third-order valence-electron chi connectivity index (χ3n) is 4.72. The molecule has 22 heavy (non-hydrogen) atoms. The number of carbonyl (C=O) groups is 1. The molecule has 1 amide bonds. The van der Waals surface area contributed by atoms with Crippen molar-refractivity contribution < 1.29 is 4.79 Å². The van der Waals surface area contributed by atoms with Gasteiger partial charge < -0.3 is 4.90 Å². The van der Waals surface area contributed by atoms with Crippen molar-refractivity contribution in [2.45, 2.75) is 47.1 Å². The molecule has 1 aromatic rings. The quantitative estimate of drug-likeness (QED) is 0.808. The fourth-order valence-electron chi connectivity index (χ4n) is 3.30. The summed E-state index contributed by atoms with van der Waals surface area (Å²) in [6.07, 6.45) is 2.31. The van der Waals surface area contributed by atoms with Crippen molar-refractivity contribution in [1.82, 2.24) is 19.6 Å². The van der Waals surface area contributed by atoms with E-state index in [0.717, 1.165) is 51.3 Å². The van der Waals surface area contributed by atoms with Gasteiger partial charge in [0.2, 0.25) is 5.91 Å². The molecule has 2 rings (SSSR count). The van der Waals surface area contributed by atoms with E-state index in [-0.39, 0.29) is 5.91 Å². The van der Waals surface area contributed by atoms with Crippen molar-refractivity contribution in [3.05, 3.63) is 17.5 Å². The molecule has 0 radical (unpaired) electrons. The molecule has 1 aliphatic heterocycles. The summed E-state index contributed by atoms with van der Waals surface area (Å²) < 4.78 is 2.14. The minimum atomic E-state index is 0.266. The number of rotatable bonds is 6. The van der Waals surface area contributed by atoms with E-state index in [4.69, 9.17) is 0 Å². The number of hydrogen-bond donors (Lipinski definition) is 0. The van der Waals surface area contributed by atoms with Crippen molar-refractivity contribution in [1.29, 1.82) is 0 Å². The van der Waals surface area contributed by atoms with Gasteiger partial charge in [0.05, 0.1) is 12.2 Å². The lowest BCUT2D eigenvalue weighted by Gasteiger charge is -2.33. The summed E-state index contributed by atoms with van der Waals surface area (Å²) in [6.45, 7) is 13.5. The van der Waals surface area contributed by atoms with E-state index in [2.05, 4.69) is 27.7 Å². The molecule has 1 saturated heterocycles. The highest BCUT2D eigenvalue weighted by atomic mass is 16.2. The highest BCUT2D eigenvalue weighted by Gasteiger charge is 2.23. The number of aromatic nitrogens is 2. The first-order valence-electron chi connectivity index (χ1n) is 8.54. The molecule has 5 heteroatoms. The molecule has 0 spiro atoms. The van der Waals surface area contributed by atoms with Crippen LogP contribution in [0.25, 0.3) is 0 Å². The van der Waals surface area contributed by atoms with E-state index >= 15 is 0 Å². The van der Waals surface area contributed by atoms with Gasteiger partial charge in [-0.3, -0.25) is 14.4 Å². The Morgan fingerprint density at radius 3 is 2.41 bits per heavy atom. The van der Waals surface area contributed by atoms with E-state index in [1.807, 2.05) is 25.7 Å². The minimum absolute atomic E-state index is 0.266. The average Bonchev–Trinajstić information content (AvgIpc) is 2.80. The third-order valence-corrected chi connectivity index (χ3v) is 4.72. The van der Waals surface area contributed by atoms with Gasteiger partial charge >= 0.3 is 0 Å². The standard InChI is InChI=1S/C17H30N4O/c1-5-20(6-2)17(22)13-19-9-7-16(8-10-19)12-21-15(4)11-14(3)18-21/h11,16H,5-10,12-13H2,1-4H3. The van der Waals surface area contributed by atoms with Crippen LogP contribution in [0, 0.1) is 19.8 Å². The third kappa shape index (κ3) is 4.32. The van der Waals surface area contributed by atoms with Crippen LogP contribution in [0.1, 0.15) is 38.1 Å². The van der Waals surface area contributed by atoms with Gasteiger partial charge in [0.25, 0.3) is 0 Å². The number of nitrogens with zero attached hydrogens (tertiary/aromatic N) is 4. The minimum Gasteiger partial charge on any atom is -0.342 e. The fourth-order valence-corrected chi connectivity index (χ4v) is 3.30. The van der Waals surface area contributed by atoms with Crippen molar-refractivity contribution in [2.24, 2.45) is 5.92 Å². The maximum absolute atomic E-state index is 12.2. The Kier molecular flexibility index (Phi) is 6.00. The van der Waals surface area contributed by atoms with Gasteiger partial charge in [-0.1, -0.05) is 0 Å². The molecule has 0 atom stereocenters. The molecule has 0 unspecified atom stereocenters. The molecule has 5 nitrogen and oxygen atoms in total. The molecule has 1 fully saturated rings. The maximum atomic E-state index is 12.2. The van der Waals surface area contributed by atoms with E-state index < -0.39 is 0 Å². The van der Waals surface area contributed by atoms with Gasteiger partial charge in [0.1, 0.15) is 0 Å². The molecule has 0 aliphatic carbocycles. The zero-order valence-corrected chi connectivity index (χ0v) is 14.5. The monoisotopic (exact) mass is 306 g/mol. The molecule has 1 aliphatic rings. The van der Waals surface area contributed by atoms with Crippen LogP contribution in [0.3, 0.4) is 0 Å². The summed E-state index contributed by atoms with van der Waals surface area (Å²) in [5, 5.41) is 4.56. The summed E-state index contributed by atoms with van der Waals surface area (Å²) in [5.41, 5.74) is 2.34. The molecule has 1 aromatic heterocycles. The number of hydrogen-bond acceptors (Lipinski definition) is 3. The summed E-state index contributed by atoms with van der Waals surface area (Å²) in [4.78, 5) is 16.4. The number of piperidine rings is 1. The van der Waals surface area contributed by atoms with Gasteiger partial charge in [-0.25, -0.2) is 0 Å². The molecule has 0 bridgehead atoms. The van der Waals surface area contributed by atoms with Crippen LogP contribution >= 0.6 is 0 Å². The Balaban J connectivity index is 1.78. The van der Waals surface area contributed by atoms with E-state index in [0.29, 0.717) is 12.5 Å². The average molecular weight is 306 g/mol. The van der Waals surface area contributed by atoms with Gasteiger partial charge in [0.15, 0.2) is 0 Å². The van der Waals surface area contributed by atoms with Crippen molar-refractivity contribution >= 4 is 5.91 Å². The predicted molar refractivity (Wildman–Crippen MR) is 88.8 cm³/mol. The van der Waals surface area contributed by atoms with Gasteiger partial charge in [0, 0.05) is 25.3 Å². The molecule has 2 heterocycles. The van der Waals surface area contributed by atoms with Crippen LogP contribution in [0.5, 0.6) is 0 Å². The lowest BCUT2D eigenvalue weighted by atomic mass is 9.97. The number of likely N-dealkylation sites (tertiary alicyclic amines) is 1. The van der Waals surface area contributed by atoms with Gasteiger partial charge in [-0.2, -0.15) is 5.10 Å². The normalized spacial score (nSPS) is 16.9. The van der Waals surface area contributed by atoms with E-state index in [1.54, 1.807) is 0 Å². The zero-order valence-electron chi connectivity index (χ0n) is 14.5. The predicted octanol–water partition coefficient (Wildman–Crippen LogP) is 2.08. The van der Waals surface area contributed by atoms with Crippen LogP contribution in [0.2, 0.25) is 0 Å². The second-order valence-electron chi connectivity index (χ2n) is 6.39. The van der Waals surface area contributed by atoms with Crippen molar-refractivity contribution in [3.8, 4) is 0 Å². The topological polar surface area (TPSA) is 41.4 Å². The Bertz CT molecular complexity index is 485. The van der Waals surface area contributed by atoms with Crippen LogP contribution in [0.15, 0.2) is 6.07 Å². The Morgan fingerprint density at radius 2 is 1.91 bits per heavy atom. The second-order valence-corrected chi connectivity index (χ2v) is 6.39. The SMILES string of the molecule is CCN(CC)C(=O)CN1CCC(Cn2nc(C)cc2C)CC1. The van der Waals surface area contributed by atoms with Crippen LogP contribution < -0.4 is 0 Å². The highest BCUT2D eigenvalue weighted by molar-refractivity contribution is 5.78. The highest BCUT2D eigenvalue weighted by Crippen LogP contribution is 2.20. The summed E-state index contributed by atoms with van der Waals surface area (Å²) in [6, 6.07) is 2.14. The first-order valence-corrected chi connectivity index (χ1v) is 8.54. The number of likely N-dealkylation sites (N-methyl/N-ethyl adjacent to an activating group) is 1. The Morgan fingerprint density at radius 1 is 1.27 bits per heavy atom. The van der Waals surface area contributed by atoms with Crippen molar-refractivity contribution in [3.63, 3.8) is 0 Å². The van der Waals surface area contributed by atoms with Crippen LogP contribution in [-0.4, -0.2) is 58.2 Å². The van der Waals surface area contributed by atoms with E-state index in [9.17, 15) is 4.79 Å². The van der Waals surface area contributed by atoms with Crippen LogP contribution in [-0.2, 0) is 11.3 Å². The number of carbonyl (C=O) groups excluding carboxylic acids is 1. The van der Waals surface area contributed by atoms with Crippen LogP contribution in [0.4, 0.5) is 0 Å². The Labute approximate surface area is 134 Å². The zero-order chi connectivity index (χ0) is 16.1. The van der Waals surface area contributed by atoms with Gasteiger partial charge in [-0.15, -0.1) is 0 Å². The number of amides is 1. The molecular weight excluding hydrogens is 276 g/mol. The molecule has 0 aromatic carbocycles. The first kappa shape index (κ1) is 17.0. The summed E-state index contributed by atoms with van der Waals surface area (Å²) in [5.74, 6) is 0.944. The largest absolute Gasteiger partial charge is 0.342 e. The molecular formula is C17H30N4O. The maximum Gasteiger partial charge on any atom is 0.236 e. The lowest BCUT2D eigenvalue weighted by molar-refractivity contribution is -0.132. The Hall–Kier alpha value is -1.36. The smallest absolute Gasteiger partial charge is 0.236 e. The van der Waals surface area contributed by atoms with E-state index in [1.165, 1.54) is 5.69 Å². The number of aryl methyl sites for hydroxylation is 2. The second kappa shape index (κ2) is 7.77. The summed E-state index contributed by atoms with van der Waals surface area (Å²) in [7, 11) is 0. The first-order chi connectivity index (χ1) is 10.5. The lowest BCUT2D eigenvalue weighted by Crippen LogP contribution is -2.43.